The van der Waals surface area contributed by atoms with E-state index in [1.54, 1.807) is 22.8 Å². The highest BCUT2D eigenvalue weighted by atomic mass is 32.1. The van der Waals surface area contributed by atoms with Crippen LogP contribution in [0.25, 0.3) is 0 Å². The summed E-state index contributed by atoms with van der Waals surface area (Å²) in [7, 11) is 0. The standard InChI is InChI=1S/C17H19N3O4S2/c1-11-15(26-12(2)18-11)17(23)24-10-14(21)19-5-7-20(8-6-19)16(22)13-4-3-9-25-13/h3-4,9H,5-8,10H2,1-2H3. The average molecular weight is 393 g/mol. The Morgan fingerprint density at radius 1 is 1.15 bits per heavy atom. The molecule has 3 heterocycles. The Hall–Kier alpha value is -2.26. The van der Waals surface area contributed by atoms with Crippen molar-refractivity contribution in [2.24, 2.45) is 0 Å². The lowest BCUT2D eigenvalue weighted by Crippen LogP contribution is -2.51. The molecule has 9 heteroatoms. The Morgan fingerprint density at radius 2 is 1.85 bits per heavy atom. The first-order chi connectivity index (χ1) is 12.5. The molecule has 0 bridgehead atoms. The summed E-state index contributed by atoms with van der Waals surface area (Å²) in [4.78, 5) is 45.3. The number of amides is 2. The van der Waals surface area contributed by atoms with E-state index in [0.29, 0.717) is 41.6 Å². The Morgan fingerprint density at radius 3 is 2.42 bits per heavy atom. The second-order valence-corrected chi connectivity index (χ2v) is 8.02. The minimum atomic E-state index is -0.520. The molecule has 0 aromatic carbocycles. The summed E-state index contributed by atoms with van der Waals surface area (Å²) >= 11 is 2.67. The van der Waals surface area contributed by atoms with Gasteiger partial charge in [-0.25, -0.2) is 9.78 Å². The predicted molar refractivity (Wildman–Crippen MR) is 98.7 cm³/mol. The third-order valence-electron chi connectivity index (χ3n) is 4.07. The molecule has 26 heavy (non-hydrogen) atoms. The Balaban J connectivity index is 1.47. The molecule has 2 amide bonds. The van der Waals surface area contributed by atoms with Gasteiger partial charge in [-0.1, -0.05) is 6.07 Å². The van der Waals surface area contributed by atoms with E-state index in [1.165, 1.54) is 22.7 Å². The van der Waals surface area contributed by atoms with Gasteiger partial charge in [-0.05, 0) is 25.3 Å². The minimum absolute atomic E-state index is 0.00503. The van der Waals surface area contributed by atoms with Crippen molar-refractivity contribution in [2.75, 3.05) is 32.8 Å². The van der Waals surface area contributed by atoms with Crippen LogP contribution >= 0.6 is 22.7 Å². The number of nitrogens with zero attached hydrogens (tertiary/aromatic N) is 3. The van der Waals surface area contributed by atoms with Gasteiger partial charge in [0, 0.05) is 26.2 Å². The lowest BCUT2D eigenvalue weighted by Gasteiger charge is -2.34. The molecule has 0 atom stereocenters. The molecule has 0 unspecified atom stereocenters. The van der Waals surface area contributed by atoms with Crippen molar-refractivity contribution in [3.63, 3.8) is 0 Å². The highest BCUT2D eigenvalue weighted by Gasteiger charge is 2.26. The maximum absolute atomic E-state index is 12.3. The van der Waals surface area contributed by atoms with E-state index in [9.17, 15) is 14.4 Å². The molecule has 0 N–H and O–H groups in total. The summed E-state index contributed by atoms with van der Waals surface area (Å²) in [5.74, 6) is -0.775. The lowest BCUT2D eigenvalue weighted by molar-refractivity contribution is -0.136. The zero-order chi connectivity index (χ0) is 18.7. The maximum Gasteiger partial charge on any atom is 0.350 e. The molecule has 2 aromatic heterocycles. The largest absolute Gasteiger partial charge is 0.451 e. The van der Waals surface area contributed by atoms with Crippen LogP contribution in [0.3, 0.4) is 0 Å². The van der Waals surface area contributed by atoms with E-state index >= 15 is 0 Å². The van der Waals surface area contributed by atoms with Crippen molar-refractivity contribution in [2.45, 2.75) is 13.8 Å². The smallest absolute Gasteiger partial charge is 0.350 e. The van der Waals surface area contributed by atoms with Gasteiger partial charge in [-0.15, -0.1) is 22.7 Å². The van der Waals surface area contributed by atoms with Crippen LogP contribution in [0.2, 0.25) is 0 Å². The molecule has 0 spiro atoms. The number of aromatic nitrogens is 1. The van der Waals surface area contributed by atoms with E-state index in [0.717, 1.165) is 5.01 Å². The molecule has 1 aliphatic rings. The van der Waals surface area contributed by atoms with Crippen LogP contribution in [0, 0.1) is 13.8 Å². The van der Waals surface area contributed by atoms with Crippen LogP contribution in [0.4, 0.5) is 0 Å². The van der Waals surface area contributed by atoms with Crippen LogP contribution in [-0.2, 0) is 9.53 Å². The number of thiophene rings is 1. The number of hydrogen-bond acceptors (Lipinski definition) is 7. The normalized spacial score (nSPS) is 14.4. The summed E-state index contributed by atoms with van der Waals surface area (Å²) in [6.07, 6.45) is 0. The van der Waals surface area contributed by atoms with Gasteiger partial charge in [-0.3, -0.25) is 9.59 Å². The third kappa shape index (κ3) is 4.10. The molecule has 0 radical (unpaired) electrons. The number of carbonyl (C=O) groups is 3. The summed E-state index contributed by atoms with van der Waals surface area (Å²) in [5, 5.41) is 2.65. The monoisotopic (exact) mass is 393 g/mol. The second-order valence-electron chi connectivity index (χ2n) is 5.87. The van der Waals surface area contributed by atoms with Crippen molar-refractivity contribution in [3.05, 3.63) is 38.0 Å². The molecule has 1 saturated heterocycles. The molecule has 138 valence electrons. The van der Waals surface area contributed by atoms with E-state index in [1.807, 2.05) is 18.4 Å². The quantitative estimate of drug-likeness (QED) is 0.742. The molecule has 7 nitrogen and oxygen atoms in total. The van der Waals surface area contributed by atoms with Gasteiger partial charge < -0.3 is 14.5 Å². The van der Waals surface area contributed by atoms with Crippen molar-refractivity contribution >= 4 is 40.5 Å². The van der Waals surface area contributed by atoms with Gasteiger partial charge in [0.1, 0.15) is 4.88 Å². The summed E-state index contributed by atoms with van der Waals surface area (Å²) in [5.41, 5.74) is 0.616. The van der Waals surface area contributed by atoms with E-state index < -0.39 is 5.97 Å². The van der Waals surface area contributed by atoms with Gasteiger partial charge in [0.25, 0.3) is 11.8 Å². The fourth-order valence-corrected chi connectivity index (χ4v) is 4.22. The molecular formula is C17H19N3O4S2. The maximum atomic E-state index is 12.3. The molecule has 1 aliphatic heterocycles. The third-order valence-corrected chi connectivity index (χ3v) is 5.98. The number of thiazole rings is 1. The average Bonchev–Trinajstić information content (AvgIpc) is 3.28. The first kappa shape index (κ1) is 18.5. The predicted octanol–water partition coefficient (Wildman–Crippen LogP) is 1.96. The first-order valence-electron chi connectivity index (χ1n) is 8.17. The van der Waals surface area contributed by atoms with Crippen LogP contribution in [-0.4, -0.2) is 65.4 Å². The zero-order valence-electron chi connectivity index (χ0n) is 14.6. The number of rotatable bonds is 4. The van der Waals surface area contributed by atoms with Gasteiger partial charge in [0.05, 0.1) is 15.6 Å². The number of carbonyl (C=O) groups excluding carboxylic acids is 3. The lowest BCUT2D eigenvalue weighted by atomic mass is 10.3. The number of esters is 1. The highest BCUT2D eigenvalue weighted by Crippen LogP contribution is 2.18. The SMILES string of the molecule is Cc1nc(C)c(C(=O)OCC(=O)N2CCN(C(=O)c3cccs3)CC2)s1. The van der Waals surface area contributed by atoms with Gasteiger partial charge >= 0.3 is 5.97 Å². The van der Waals surface area contributed by atoms with Crippen LogP contribution < -0.4 is 0 Å². The van der Waals surface area contributed by atoms with Crippen LogP contribution in [0.5, 0.6) is 0 Å². The molecule has 2 aromatic rings. The fraction of sp³-hybridized carbons (Fsp3) is 0.412. The Labute approximate surface area is 159 Å². The number of hydrogen-bond donors (Lipinski definition) is 0. The molecular weight excluding hydrogens is 374 g/mol. The van der Waals surface area contributed by atoms with E-state index in [2.05, 4.69) is 4.98 Å². The van der Waals surface area contributed by atoms with Crippen molar-refractivity contribution in [3.8, 4) is 0 Å². The molecule has 1 fully saturated rings. The Kier molecular flexibility index (Phi) is 5.67. The number of piperazine rings is 1. The Bertz CT molecular complexity index is 808. The molecule has 0 saturated carbocycles. The second kappa shape index (κ2) is 7.96. The topological polar surface area (TPSA) is 79.8 Å². The summed E-state index contributed by atoms with van der Waals surface area (Å²) in [6, 6.07) is 3.64. The van der Waals surface area contributed by atoms with Gasteiger partial charge in [0.15, 0.2) is 6.61 Å². The van der Waals surface area contributed by atoms with Crippen molar-refractivity contribution in [1.82, 2.24) is 14.8 Å². The van der Waals surface area contributed by atoms with Crippen molar-refractivity contribution < 1.29 is 19.1 Å². The van der Waals surface area contributed by atoms with E-state index in [-0.39, 0.29) is 18.4 Å². The fourth-order valence-electron chi connectivity index (χ4n) is 2.72. The minimum Gasteiger partial charge on any atom is -0.451 e. The van der Waals surface area contributed by atoms with E-state index in [4.69, 9.17) is 4.74 Å². The molecule has 3 rings (SSSR count). The van der Waals surface area contributed by atoms with Crippen LogP contribution in [0.1, 0.15) is 30.0 Å². The van der Waals surface area contributed by atoms with Gasteiger partial charge in [0.2, 0.25) is 0 Å². The van der Waals surface area contributed by atoms with Crippen molar-refractivity contribution in [1.29, 1.82) is 0 Å². The number of ether oxygens (including phenoxy) is 1. The highest BCUT2D eigenvalue weighted by molar-refractivity contribution is 7.13. The number of aryl methyl sites for hydroxylation is 2. The van der Waals surface area contributed by atoms with Gasteiger partial charge in [-0.2, -0.15) is 0 Å². The summed E-state index contributed by atoms with van der Waals surface area (Å²) < 4.78 is 5.13. The zero-order valence-corrected chi connectivity index (χ0v) is 16.2. The van der Waals surface area contributed by atoms with Crippen LogP contribution in [0.15, 0.2) is 17.5 Å². The summed E-state index contributed by atoms with van der Waals surface area (Å²) in [6.45, 7) is 5.09. The first-order valence-corrected chi connectivity index (χ1v) is 9.87. The molecule has 0 aliphatic carbocycles.